The van der Waals surface area contributed by atoms with Crippen LogP contribution in [0.25, 0.3) is 0 Å². The fraction of sp³-hybridized carbons (Fsp3) is 0.333. The van der Waals surface area contributed by atoms with Crippen LogP contribution in [0.4, 0.5) is 0 Å². The molecule has 0 rings (SSSR count). The predicted molar refractivity (Wildman–Crippen MR) is 56.8 cm³/mol. The monoisotopic (exact) mass is 427 g/mol. The van der Waals surface area contributed by atoms with E-state index in [0.717, 1.165) is 18.5 Å². The summed E-state index contributed by atoms with van der Waals surface area (Å²) in [6.07, 6.45) is 3.13. The minimum absolute atomic E-state index is 0. The van der Waals surface area contributed by atoms with Crippen LogP contribution in [0, 0.1) is 43.1 Å². The van der Waals surface area contributed by atoms with Gasteiger partial charge in [0.15, 0.2) is 0 Å². The average molecular weight is 427 g/mol. The molecule has 0 unspecified atom stereocenters. The van der Waals surface area contributed by atoms with Crippen LogP contribution < -0.4 is 0 Å². The van der Waals surface area contributed by atoms with E-state index in [1.807, 2.05) is 0 Å². The molecule has 0 saturated carbocycles. The molecular weight excluding hydrogens is 406 g/mol. The Morgan fingerprint density at radius 1 is 0.615 bits per heavy atom. The summed E-state index contributed by atoms with van der Waals surface area (Å²) in [7, 11) is 0.113. The fourth-order valence-corrected chi connectivity index (χ4v) is 1.01. The van der Waals surface area contributed by atoms with E-state index in [2.05, 4.69) is 20.8 Å². The normalized spacial score (nSPS) is 5.54. The van der Waals surface area contributed by atoms with Gasteiger partial charge in [-0.2, -0.15) is 26.4 Å². The first kappa shape index (κ1) is 43.7. The van der Waals surface area contributed by atoms with E-state index in [0.29, 0.717) is 0 Å². The van der Waals surface area contributed by atoms with Crippen LogP contribution in [0.2, 0.25) is 0 Å². The van der Waals surface area contributed by atoms with Gasteiger partial charge in [0.05, 0.1) is 0 Å². The van der Waals surface area contributed by atoms with E-state index < -0.39 is 0 Å². The van der Waals surface area contributed by atoms with Crippen LogP contribution in [0.15, 0.2) is 0 Å². The van der Waals surface area contributed by atoms with Crippen molar-refractivity contribution >= 4 is 7.92 Å². The summed E-state index contributed by atoms with van der Waals surface area (Å²) in [5, 5.41) is 0. The third-order valence-corrected chi connectivity index (χ3v) is 2.85. The molecule has 0 spiro atoms. The van der Waals surface area contributed by atoms with Gasteiger partial charge in [0, 0.05) is 98.1 Å². The van der Waals surface area contributed by atoms with Crippen molar-refractivity contribution in [2.75, 3.05) is 18.5 Å². The summed E-state index contributed by atoms with van der Waals surface area (Å²) >= 11 is 0. The molecule has 0 aromatic rings. The molecule has 0 nitrogen and oxygen atoms in total. The van der Waals surface area contributed by atoms with Gasteiger partial charge in [-0.1, -0.05) is 0 Å². The molecule has 0 saturated heterocycles. The Bertz CT molecular complexity index is 36.3. The summed E-state index contributed by atoms with van der Waals surface area (Å²) in [6.45, 7) is 11.3. The second-order valence-electron chi connectivity index (χ2n) is 1.34. The van der Waals surface area contributed by atoms with Crippen molar-refractivity contribution in [1.82, 2.24) is 0 Å². The molecule has 0 aromatic carbocycles. The molecule has 0 atom stereocenters. The van der Waals surface area contributed by atoms with Gasteiger partial charge in [-0.25, -0.2) is 0 Å². The Balaban J connectivity index is -0.0000000120. The molecule has 0 N–H and O–H groups in total. The minimum atomic E-state index is 0. The second-order valence-corrected chi connectivity index (χ2v) is 4.02. The Morgan fingerprint density at radius 3 is 0.769 bits per heavy atom. The van der Waals surface area contributed by atoms with Crippen molar-refractivity contribution < 1.29 is 98.1 Å². The Labute approximate surface area is 164 Å². The SMILES string of the molecule is [CH2-]CP(C[CH2-])C[CH2-].[CH3-].[CH3-].[CH3-].[Y].[Y].[Y]. The van der Waals surface area contributed by atoms with Crippen molar-refractivity contribution in [2.45, 2.75) is 0 Å². The van der Waals surface area contributed by atoms with Gasteiger partial charge < -0.3 is 43.1 Å². The van der Waals surface area contributed by atoms with Crippen LogP contribution in [0.5, 0.6) is 0 Å². The van der Waals surface area contributed by atoms with E-state index in [9.17, 15) is 0 Å². The van der Waals surface area contributed by atoms with Crippen molar-refractivity contribution in [3.05, 3.63) is 43.1 Å². The van der Waals surface area contributed by atoms with E-state index in [1.165, 1.54) is 0 Å². The Kier molecular flexibility index (Phi) is 121. The zero-order valence-corrected chi connectivity index (χ0v) is 18.8. The molecule has 0 aliphatic rings. The van der Waals surface area contributed by atoms with Crippen LogP contribution in [-0.2, 0) is 98.1 Å². The maximum absolute atomic E-state index is 3.78. The van der Waals surface area contributed by atoms with Gasteiger partial charge in [0.2, 0.25) is 0 Å². The number of hydrogen-bond donors (Lipinski definition) is 0. The topological polar surface area (TPSA) is 0 Å². The van der Waals surface area contributed by atoms with Crippen LogP contribution in [0.3, 0.4) is 0 Å². The standard InChI is InChI=1S/C6H12P.3CH3.3Y/c1-4-7(5-2)6-3;;;;;;/h1-6H2;3*1H3;;;/q-3;3*-1;;;. The van der Waals surface area contributed by atoms with Crippen molar-refractivity contribution in [3.63, 3.8) is 0 Å². The molecule has 0 fully saturated rings. The molecule has 77 valence electrons. The summed E-state index contributed by atoms with van der Waals surface area (Å²) in [6, 6.07) is 0. The minimum Gasteiger partial charge on any atom is -0.358 e. The molecule has 0 aromatic heterocycles. The molecule has 0 amide bonds. The summed E-state index contributed by atoms with van der Waals surface area (Å²) in [5.41, 5.74) is 0. The summed E-state index contributed by atoms with van der Waals surface area (Å²) in [4.78, 5) is 0. The molecular formula is C9H21PY3-6. The third kappa shape index (κ3) is 31.3. The van der Waals surface area contributed by atoms with Gasteiger partial charge in [0.1, 0.15) is 0 Å². The van der Waals surface area contributed by atoms with Crippen LogP contribution in [-0.4, -0.2) is 18.5 Å². The summed E-state index contributed by atoms with van der Waals surface area (Å²) in [5.74, 6) is 0. The maximum atomic E-state index is 3.78. The number of rotatable bonds is 3. The third-order valence-electron chi connectivity index (χ3n) is 0.949. The zero-order valence-electron chi connectivity index (χ0n) is 9.42. The fourth-order valence-electron chi connectivity index (χ4n) is 0.335. The smallest absolute Gasteiger partial charge is 0 e. The quantitative estimate of drug-likeness (QED) is 0.480. The maximum Gasteiger partial charge on any atom is 0 e. The predicted octanol–water partition coefficient (Wildman–Crippen LogP) is 3.31. The largest absolute Gasteiger partial charge is 0.358 e. The molecule has 0 bridgehead atoms. The van der Waals surface area contributed by atoms with E-state index in [-0.39, 0.29) is 128 Å². The first-order valence-electron chi connectivity index (χ1n) is 2.45. The molecule has 0 heterocycles. The Morgan fingerprint density at radius 2 is 0.769 bits per heavy atom. The van der Waals surface area contributed by atoms with E-state index in [1.54, 1.807) is 0 Å². The molecule has 4 heteroatoms. The average Bonchev–Trinajstić information content (AvgIpc) is 1.72. The molecule has 0 aliphatic carbocycles. The van der Waals surface area contributed by atoms with Crippen LogP contribution >= 0.6 is 7.92 Å². The molecule has 0 aliphatic heterocycles. The van der Waals surface area contributed by atoms with Crippen molar-refractivity contribution in [1.29, 1.82) is 0 Å². The van der Waals surface area contributed by atoms with Crippen molar-refractivity contribution in [2.24, 2.45) is 0 Å². The van der Waals surface area contributed by atoms with Gasteiger partial charge >= 0.3 is 0 Å². The van der Waals surface area contributed by atoms with Gasteiger partial charge in [-0.05, 0) is 0 Å². The molecule has 3 radical (unpaired) electrons. The Hall–Kier alpha value is 3.74. The van der Waals surface area contributed by atoms with Gasteiger partial charge in [-0.3, -0.25) is 0 Å². The zero-order chi connectivity index (χ0) is 5.70. The first-order chi connectivity index (χ1) is 3.35. The molecule has 13 heavy (non-hydrogen) atoms. The van der Waals surface area contributed by atoms with Crippen LogP contribution in [0.1, 0.15) is 0 Å². The second kappa shape index (κ2) is 36.0. The summed E-state index contributed by atoms with van der Waals surface area (Å²) < 4.78 is 0. The van der Waals surface area contributed by atoms with Gasteiger partial charge in [0.25, 0.3) is 0 Å². The van der Waals surface area contributed by atoms with E-state index in [4.69, 9.17) is 0 Å². The van der Waals surface area contributed by atoms with Gasteiger partial charge in [-0.15, -0.1) is 0 Å². The first-order valence-corrected chi connectivity index (χ1v) is 4.35. The van der Waals surface area contributed by atoms with E-state index >= 15 is 0 Å². The number of hydrogen-bond acceptors (Lipinski definition) is 0. The van der Waals surface area contributed by atoms with Crippen molar-refractivity contribution in [3.8, 4) is 0 Å².